The summed E-state index contributed by atoms with van der Waals surface area (Å²) in [6.45, 7) is 3.30. The van der Waals surface area contributed by atoms with Gasteiger partial charge in [-0.25, -0.2) is 9.78 Å². The van der Waals surface area contributed by atoms with Gasteiger partial charge in [0.1, 0.15) is 11.6 Å². The maximum absolute atomic E-state index is 13.4. The van der Waals surface area contributed by atoms with Crippen molar-refractivity contribution in [2.75, 3.05) is 13.1 Å². The lowest BCUT2D eigenvalue weighted by Crippen LogP contribution is -2.39. The van der Waals surface area contributed by atoms with Crippen LogP contribution < -0.4 is 5.32 Å². The van der Waals surface area contributed by atoms with E-state index in [0.717, 1.165) is 31.7 Å². The molecule has 0 unspecified atom stereocenters. The van der Waals surface area contributed by atoms with Crippen LogP contribution in [0, 0.1) is 0 Å². The summed E-state index contributed by atoms with van der Waals surface area (Å²) in [5.41, 5.74) is 0.785. The molecule has 2 heterocycles. The first-order valence-corrected chi connectivity index (χ1v) is 10.5. The summed E-state index contributed by atoms with van der Waals surface area (Å²) < 4.78 is 46.1. The van der Waals surface area contributed by atoms with E-state index in [1.54, 1.807) is 29.2 Å². The van der Waals surface area contributed by atoms with Crippen LogP contribution in [0.4, 0.5) is 18.0 Å². The lowest BCUT2D eigenvalue weighted by molar-refractivity contribution is -0.137. The monoisotopic (exact) mass is 431 g/mol. The number of nitrogens with one attached hydrogen (secondary N) is 1. The minimum atomic E-state index is -4.45. The smallest absolute Gasteiger partial charge is 0.417 e. The number of oxazole rings is 1. The molecule has 0 aliphatic carbocycles. The number of carbonyl (C=O) groups excluding carboxylic acids is 1. The molecular weight excluding hydrogens is 407 g/mol. The molecule has 1 aromatic heterocycles. The summed E-state index contributed by atoms with van der Waals surface area (Å²) in [4.78, 5) is 18.8. The Morgan fingerprint density at radius 2 is 2.06 bits per heavy atom. The Morgan fingerprint density at radius 3 is 2.84 bits per heavy atom. The van der Waals surface area contributed by atoms with E-state index >= 15 is 0 Å². The molecule has 1 aliphatic rings. The molecular formula is C23H24F3N3O2. The van der Waals surface area contributed by atoms with Crippen molar-refractivity contribution in [2.24, 2.45) is 0 Å². The van der Waals surface area contributed by atoms with Gasteiger partial charge in [0.25, 0.3) is 0 Å². The minimum Gasteiger partial charge on any atom is -0.438 e. The predicted octanol–water partition coefficient (Wildman–Crippen LogP) is 6.16. The van der Waals surface area contributed by atoms with Gasteiger partial charge in [-0.15, -0.1) is 0 Å². The molecule has 8 heteroatoms. The largest absolute Gasteiger partial charge is 0.438 e. The molecule has 0 saturated carbocycles. The molecule has 2 aromatic carbocycles. The number of amides is 2. The van der Waals surface area contributed by atoms with Crippen LogP contribution in [-0.2, 0) is 6.18 Å². The second kappa shape index (κ2) is 8.61. The summed E-state index contributed by atoms with van der Waals surface area (Å²) in [5.74, 6) is 0.416. The number of alkyl halides is 3. The number of likely N-dealkylation sites (tertiary alicyclic amines) is 1. The lowest BCUT2D eigenvalue weighted by Gasteiger charge is -2.22. The van der Waals surface area contributed by atoms with Gasteiger partial charge >= 0.3 is 12.2 Å². The van der Waals surface area contributed by atoms with Gasteiger partial charge in [-0.2, -0.15) is 13.2 Å². The van der Waals surface area contributed by atoms with E-state index in [1.165, 1.54) is 12.1 Å². The van der Waals surface area contributed by atoms with Crippen molar-refractivity contribution in [1.29, 1.82) is 0 Å². The van der Waals surface area contributed by atoms with Crippen LogP contribution in [0.1, 0.15) is 50.1 Å². The van der Waals surface area contributed by atoms with Crippen LogP contribution in [0.2, 0.25) is 0 Å². The van der Waals surface area contributed by atoms with Crippen molar-refractivity contribution < 1.29 is 22.4 Å². The maximum atomic E-state index is 13.4. The number of rotatable bonds is 5. The highest BCUT2D eigenvalue weighted by Gasteiger charge is 2.35. The van der Waals surface area contributed by atoms with E-state index in [4.69, 9.17) is 4.42 Å². The van der Waals surface area contributed by atoms with E-state index in [-0.39, 0.29) is 17.6 Å². The van der Waals surface area contributed by atoms with E-state index in [0.29, 0.717) is 35.6 Å². The molecule has 2 amide bonds. The molecule has 0 radical (unpaired) electrons. The fraction of sp³-hybridized carbons (Fsp3) is 0.391. The highest BCUT2D eigenvalue weighted by atomic mass is 19.4. The first-order valence-electron chi connectivity index (χ1n) is 10.5. The second-order valence-electron chi connectivity index (χ2n) is 7.71. The average molecular weight is 431 g/mol. The highest BCUT2D eigenvalue weighted by Crippen LogP contribution is 2.38. The third-order valence-electron chi connectivity index (χ3n) is 5.55. The molecule has 31 heavy (non-hydrogen) atoms. The van der Waals surface area contributed by atoms with E-state index < -0.39 is 11.7 Å². The quantitative estimate of drug-likeness (QED) is 0.492. The van der Waals surface area contributed by atoms with Crippen LogP contribution in [0.3, 0.4) is 0 Å². The third kappa shape index (κ3) is 4.38. The molecule has 1 N–H and O–H groups in total. The molecule has 4 rings (SSSR count). The van der Waals surface area contributed by atoms with Gasteiger partial charge in [0.15, 0.2) is 5.58 Å². The zero-order valence-corrected chi connectivity index (χ0v) is 17.2. The normalized spacial score (nSPS) is 16.8. The zero-order valence-electron chi connectivity index (χ0n) is 17.2. The first-order chi connectivity index (χ1) is 14.9. The minimum absolute atomic E-state index is 0.0965. The van der Waals surface area contributed by atoms with Crippen LogP contribution >= 0.6 is 0 Å². The van der Waals surface area contributed by atoms with Gasteiger partial charge in [0.2, 0.25) is 5.89 Å². The average Bonchev–Trinajstić information content (AvgIpc) is 3.39. The number of hydrogen-bond donors (Lipinski definition) is 1. The number of benzene rings is 2. The van der Waals surface area contributed by atoms with E-state index in [2.05, 4.69) is 17.2 Å². The fourth-order valence-corrected chi connectivity index (χ4v) is 3.98. The molecule has 1 atom stereocenters. The van der Waals surface area contributed by atoms with Crippen molar-refractivity contribution in [2.45, 2.75) is 44.8 Å². The topological polar surface area (TPSA) is 58.4 Å². The van der Waals surface area contributed by atoms with Crippen molar-refractivity contribution >= 4 is 17.1 Å². The van der Waals surface area contributed by atoms with Gasteiger partial charge in [-0.3, -0.25) is 0 Å². The Labute approximate surface area is 178 Å². The fourth-order valence-electron chi connectivity index (χ4n) is 3.98. The van der Waals surface area contributed by atoms with E-state index in [9.17, 15) is 18.0 Å². The van der Waals surface area contributed by atoms with Crippen molar-refractivity contribution in [3.63, 3.8) is 0 Å². The number of hydrogen-bond acceptors (Lipinski definition) is 3. The van der Waals surface area contributed by atoms with E-state index in [1.807, 2.05) is 0 Å². The molecule has 5 nitrogen and oxygen atoms in total. The number of urea groups is 1. The number of nitrogens with zero attached hydrogens (tertiary/aromatic N) is 2. The van der Waals surface area contributed by atoms with Gasteiger partial charge < -0.3 is 14.6 Å². The first kappa shape index (κ1) is 21.2. The molecule has 0 bridgehead atoms. The Bertz CT molecular complexity index is 1080. The van der Waals surface area contributed by atoms with Gasteiger partial charge in [-0.05, 0) is 48.6 Å². The van der Waals surface area contributed by atoms with Crippen molar-refractivity contribution in [1.82, 2.24) is 15.2 Å². The van der Waals surface area contributed by atoms with Crippen molar-refractivity contribution in [3.8, 4) is 11.1 Å². The predicted molar refractivity (Wildman–Crippen MR) is 111 cm³/mol. The Kier molecular flexibility index (Phi) is 5.89. The van der Waals surface area contributed by atoms with Gasteiger partial charge in [0.05, 0.1) is 5.56 Å². The number of fused-ring (bicyclic) bond motifs is 1. The standard InChI is InChI=1S/C23H24F3N3O2/c1-2-3-12-27-22(30)29-13-6-9-19(29)21-28-18-14-15(10-11-20(18)31-21)16-7-4-5-8-17(16)23(24,25)26/h4-5,7-8,10-11,14,19H,2-3,6,9,12-13H2,1H3,(H,27,30)/t19-/m0/s1. The molecule has 3 aromatic rings. The molecule has 164 valence electrons. The van der Waals surface area contributed by atoms with Crippen LogP contribution in [0.5, 0.6) is 0 Å². The Morgan fingerprint density at radius 1 is 1.26 bits per heavy atom. The number of aromatic nitrogens is 1. The summed E-state index contributed by atoms with van der Waals surface area (Å²) in [7, 11) is 0. The SMILES string of the molecule is CCCCNC(=O)N1CCC[C@H]1c1nc2cc(-c3ccccc3C(F)(F)F)ccc2o1. The lowest BCUT2D eigenvalue weighted by atomic mass is 9.99. The number of halogens is 3. The second-order valence-corrected chi connectivity index (χ2v) is 7.71. The van der Waals surface area contributed by atoms with Crippen LogP contribution in [0.15, 0.2) is 46.9 Å². The Balaban J connectivity index is 1.62. The number of unbranched alkanes of at least 4 members (excludes halogenated alkanes) is 1. The summed E-state index contributed by atoms with van der Waals surface area (Å²) in [5, 5.41) is 2.92. The van der Waals surface area contributed by atoms with Crippen LogP contribution in [-0.4, -0.2) is 29.0 Å². The van der Waals surface area contributed by atoms with Crippen molar-refractivity contribution in [3.05, 3.63) is 53.9 Å². The summed E-state index contributed by atoms with van der Waals surface area (Å²) in [6, 6.07) is 9.90. The summed E-state index contributed by atoms with van der Waals surface area (Å²) >= 11 is 0. The molecule has 1 aliphatic heterocycles. The molecule has 0 spiro atoms. The number of carbonyl (C=O) groups is 1. The third-order valence-corrected chi connectivity index (χ3v) is 5.55. The summed E-state index contributed by atoms with van der Waals surface area (Å²) in [6.07, 6.45) is -0.966. The molecule has 1 fully saturated rings. The van der Waals surface area contributed by atoms with Gasteiger partial charge in [-0.1, -0.05) is 37.6 Å². The van der Waals surface area contributed by atoms with Crippen LogP contribution in [0.25, 0.3) is 22.2 Å². The molecule has 1 saturated heterocycles. The zero-order chi connectivity index (χ0) is 22.0. The Hall–Kier alpha value is -3.03. The highest BCUT2D eigenvalue weighted by molar-refractivity contribution is 5.82. The maximum Gasteiger partial charge on any atom is 0.417 e. The van der Waals surface area contributed by atoms with Gasteiger partial charge in [0, 0.05) is 13.1 Å².